The Morgan fingerprint density at radius 1 is 1.21 bits per heavy atom. The molecule has 178 valence electrons. The fraction of sp³-hybridized carbons (Fsp3) is 0.429. The van der Waals surface area contributed by atoms with Crippen LogP contribution in [0.3, 0.4) is 0 Å². The van der Waals surface area contributed by atoms with Gasteiger partial charge in [-0.25, -0.2) is 9.59 Å². The number of thiophene rings is 2. The van der Waals surface area contributed by atoms with Crippen LogP contribution in [-0.2, 0) is 4.79 Å². The molecular formula is C21H25N3O7S2. The van der Waals surface area contributed by atoms with Gasteiger partial charge in [0.05, 0.1) is 20.2 Å². The summed E-state index contributed by atoms with van der Waals surface area (Å²) in [5.41, 5.74) is 4.72. The summed E-state index contributed by atoms with van der Waals surface area (Å²) in [5.74, 6) is -2.82. The van der Waals surface area contributed by atoms with Crippen LogP contribution in [0, 0.1) is 21.4 Å². The van der Waals surface area contributed by atoms with E-state index >= 15 is 0 Å². The highest BCUT2D eigenvalue weighted by Crippen LogP contribution is 2.48. The van der Waals surface area contributed by atoms with E-state index in [0.717, 1.165) is 41.9 Å². The maximum atomic E-state index is 11.3. The number of rotatable bonds is 8. The largest absolute Gasteiger partial charge is 0.478 e. The summed E-state index contributed by atoms with van der Waals surface area (Å²) >= 11 is 1.58. The first-order chi connectivity index (χ1) is 15.5. The molecule has 0 aliphatic heterocycles. The van der Waals surface area contributed by atoms with Crippen molar-refractivity contribution < 1.29 is 29.5 Å². The molecule has 33 heavy (non-hydrogen) atoms. The molecule has 0 radical (unpaired) electrons. The minimum absolute atomic E-state index is 0.0500. The molecule has 0 aromatic carbocycles. The summed E-state index contributed by atoms with van der Waals surface area (Å²) in [7, 11) is 0. The summed E-state index contributed by atoms with van der Waals surface area (Å²) in [6.07, 6.45) is 5.56. The van der Waals surface area contributed by atoms with Crippen molar-refractivity contribution in [1.82, 2.24) is 0 Å². The van der Waals surface area contributed by atoms with E-state index in [0.29, 0.717) is 4.88 Å². The van der Waals surface area contributed by atoms with Gasteiger partial charge in [0.15, 0.2) is 0 Å². The molecule has 0 bridgehead atoms. The number of hydrogen-bond donors (Lipinski definition) is 3. The number of nitrogens with zero attached hydrogens (tertiary/aromatic N) is 2. The zero-order chi connectivity index (χ0) is 24.9. The van der Waals surface area contributed by atoms with Crippen molar-refractivity contribution in [3.05, 3.63) is 33.4 Å². The zero-order valence-electron chi connectivity index (χ0n) is 18.2. The third kappa shape index (κ3) is 5.28. The first-order valence-electron chi connectivity index (χ1n) is 10.2. The van der Waals surface area contributed by atoms with Crippen LogP contribution in [0.4, 0.5) is 10.0 Å². The van der Waals surface area contributed by atoms with Crippen molar-refractivity contribution in [3.8, 4) is 9.75 Å². The molecule has 2 aromatic rings. The van der Waals surface area contributed by atoms with Crippen LogP contribution >= 0.6 is 22.7 Å². The van der Waals surface area contributed by atoms with Crippen LogP contribution in [0.15, 0.2) is 17.1 Å². The van der Waals surface area contributed by atoms with E-state index in [4.69, 9.17) is 10.8 Å². The number of aromatic carboxylic acids is 2. The highest BCUT2D eigenvalue weighted by Gasteiger charge is 2.42. The Bertz CT molecular complexity index is 1090. The van der Waals surface area contributed by atoms with Crippen molar-refractivity contribution in [3.63, 3.8) is 0 Å². The molecule has 2 heterocycles. The molecule has 1 unspecified atom stereocenters. The van der Waals surface area contributed by atoms with Crippen molar-refractivity contribution in [2.45, 2.75) is 46.0 Å². The average molecular weight is 496 g/mol. The van der Waals surface area contributed by atoms with Gasteiger partial charge in [-0.15, -0.1) is 11.3 Å². The van der Waals surface area contributed by atoms with Crippen molar-refractivity contribution in [2.24, 2.45) is 22.1 Å². The van der Waals surface area contributed by atoms with E-state index in [-0.39, 0.29) is 32.1 Å². The van der Waals surface area contributed by atoms with Crippen molar-refractivity contribution >= 4 is 57.2 Å². The van der Waals surface area contributed by atoms with Gasteiger partial charge in [-0.2, -0.15) is 0 Å². The van der Waals surface area contributed by atoms with Gasteiger partial charge >= 0.3 is 16.9 Å². The lowest BCUT2D eigenvalue weighted by Gasteiger charge is -2.31. The number of aliphatic imine (C=N–C) groups is 1. The molecule has 1 fully saturated rings. The van der Waals surface area contributed by atoms with Gasteiger partial charge in [0.25, 0.3) is 0 Å². The van der Waals surface area contributed by atoms with Gasteiger partial charge in [0.1, 0.15) is 10.6 Å². The molecule has 0 saturated heterocycles. The highest BCUT2D eigenvalue weighted by molar-refractivity contribution is 7.25. The zero-order valence-corrected chi connectivity index (χ0v) is 19.8. The van der Waals surface area contributed by atoms with Crippen LogP contribution in [0.5, 0.6) is 0 Å². The third-order valence-corrected chi connectivity index (χ3v) is 8.45. The second kappa shape index (κ2) is 10.7. The quantitative estimate of drug-likeness (QED) is 0.256. The van der Waals surface area contributed by atoms with Gasteiger partial charge < -0.3 is 15.9 Å². The second-order valence-electron chi connectivity index (χ2n) is 7.57. The van der Waals surface area contributed by atoms with E-state index in [1.807, 2.05) is 0 Å². The fourth-order valence-corrected chi connectivity index (χ4v) is 6.36. The Labute approximate surface area is 197 Å². The Balaban J connectivity index is 0.000000273. The van der Waals surface area contributed by atoms with Gasteiger partial charge in [-0.3, -0.25) is 19.9 Å². The number of carboxylic acid groups (broad SMARTS) is 2. The number of carbonyl (C=O) groups is 3. The smallest absolute Gasteiger partial charge is 0.339 e. The number of nitrogens with two attached hydrogens (primary N) is 1. The fourth-order valence-electron chi connectivity index (χ4n) is 4.33. The van der Waals surface area contributed by atoms with E-state index < -0.39 is 28.0 Å². The molecule has 12 heteroatoms. The molecular weight excluding hydrogens is 470 g/mol. The standard InChI is InChI=1S/C11H6N2O6S2.C10H19NO/c1-12-9-7(11(16)17)6(10(14)15)8(21-9)4-2-3-5(20-4)13(18)19;1-3-10(4-2)7-5-6-8(10)9(11)12/h2-3H,1H2,(H,14,15)(H,16,17);8H,3-7H2,1-2H3,(H2,11,12). The van der Waals surface area contributed by atoms with Crippen LogP contribution in [0.25, 0.3) is 9.75 Å². The third-order valence-electron chi connectivity index (χ3n) is 6.11. The van der Waals surface area contributed by atoms with Crippen LogP contribution < -0.4 is 5.73 Å². The molecule has 1 atom stereocenters. The lowest BCUT2D eigenvalue weighted by Crippen LogP contribution is -2.34. The normalized spacial score (nSPS) is 16.5. The van der Waals surface area contributed by atoms with Crippen molar-refractivity contribution in [1.29, 1.82) is 0 Å². The molecule has 4 N–H and O–H groups in total. The lowest BCUT2D eigenvalue weighted by molar-refractivity contribution is -0.380. The molecule has 10 nitrogen and oxygen atoms in total. The van der Waals surface area contributed by atoms with Gasteiger partial charge in [-0.05, 0) is 43.9 Å². The molecule has 0 spiro atoms. The molecule has 2 aromatic heterocycles. The first kappa shape index (κ1) is 26.1. The van der Waals surface area contributed by atoms with E-state index in [1.54, 1.807) is 0 Å². The van der Waals surface area contributed by atoms with E-state index in [9.17, 15) is 29.6 Å². The van der Waals surface area contributed by atoms with Crippen LogP contribution in [-0.4, -0.2) is 39.7 Å². The monoisotopic (exact) mass is 495 g/mol. The number of primary amides is 1. The minimum Gasteiger partial charge on any atom is -0.478 e. The summed E-state index contributed by atoms with van der Waals surface area (Å²) in [5, 5.41) is 28.8. The molecule has 1 amide bonds. The Morgan fingerprint density at radius 3 is 2.21 bits per heavy atom. The number of carboxylic acids is 2. The van der Waals surface area contributed by atoms with Crippen molar-refractivity contribution in [2.75, 3.05) is 0 Å². The van der Waals surface area contributed by atoms with Crippen LogP contribution in [0.2, 0.25) is 0 Å². The predicted molar refractivity (Wildman–Crippen MR) is 127 cm³/mol. The summed E-state index contributed by atoms with van der Waals surface area (Å²) in [4.78, 5) is 47.7. The predicted octanol–water partition coefficient (Wildman–Crippen LogP) is 5.19. The maximum absolute atomic E-state index is 11.3. The summed E-state index contributed by atoms with van der Waals surface area (Å²) in [6, 6.07) is 2.60. The number of carbonyl (C=O) groups excluding carboxylic acids is 1. The maximum Gasteiger partial charge on any atom is 0.339 e. The summed E-state index contributed by atoms with van der Waals surface area (Å²) < 4.78 is 0. The number of hydrogen-bond acceptors (Lipinski definition) is 8. The number of nitro groups is 1. The van der Waals surface area contributed by atoms with Gasteiger partial charge in [-0.1, -0.05) is 31.6 Å². The lowest BCUT2D eigenvalue weighted by atomic mass is 9.73. The Hall–Kier alpha value is -3.12. The average Bonchev–Trinajstić information content (AvgIpc) is 3.49. The molecule has 1 saturated carbocycles. The van der Waals surface area contributed by atoms with Gasteiger partial charge in [0.2, 0.25) is 5.91 Å². The highest BCUT2D eigenvalue weighted by atomic mass is 32.1. The first-order valence-corrected chi connectivity index (χ1v) is 11.8. The second-order valence-corrected chi connectivity index (χ2v) is 9.63. The summed E-state index contributed by atoms with van der Waals surface area (Å²) in [6.45, 7) is 7.56. The van der Waals surface area contributed by atoms with E-state index in [2.05, 4.69) is 25.6 Å². The minimum atomic E-state index is -1.44. The van der Waals surface area contributed by atoms with Crippen LogP contribution in [0.1, 0.15) is 66.7 Å². The topological polar surface area (TPSA) is 173 Å². The molecule has 3 rings (SSSR count). The SMILES string of the molecule is C=Nc1sc(-c2ccc([N+](=O)[O-])s2)c(C(=O)O)c1C(=O)O.CCC1(CC)CCCC1C(N)=O. The molecule has 1 aliphatic rings. The van der Waals surface area contributed by atoms with E-state index in [1.165, 1.54) is 25.0 Å². The molecule has 1 aliphatic carbocycles. The van der Waals surface area contributed by atoms with Gasteiger partial charge in [0, 0.05) is 12.0 Å². The Kier molecular flexibility index (Phi) is 8.45. The Morgan fingerprint density at radius 2 is 1.82 bits per heavy atom. The number of amides is 1.